The first kappa shape index (κ1) is 22.7. The van der Waals surface area contributed by atoms with E-state index in [1.165, 1.54) is 9.78 Å². The van der Waals surface area contributed by atoms with Crippen molar-refractivity contribution in [1.82, 2.24) is 15.1 Å². The van der Waals surface area contributed by atoms with E-state index < -0.39 is 0 Å². The summed E-state index contributed by atoms with van der Waals surface area (Å²) in [7, 11) is 1.60. The number of benzene rings is 1. The van der Waals surface area contributed by atoms with E-state index in [9.17, 15) is 9.59 Å². The van der Waals surface area contributed by atoms with Gasteiger partial charge in [-0.05, 0) is 42.5 Å². The first-order valence-electron chi connectivity index (χ1n) is 10.3. The molecule has 0 radical (unpaired) electrons. The highest BCUT2D eigenvalue weighted by molar-refractivity contribution is 7.10. The van der Waals surface area contributed by atoms with Crippen LogP contribution in [0.2, 0.25) is 0 Å². The SMILES string of the molecule is C=CCN(CC(=O)N1CCc2sccc2[C@H]1COc1ccccc1OC)C(=O)NCC. The summed E-state index contributed by atoms with van der Waals surface area (Å²) in [6, 6.07) is 9.02. The molecule has 31 heavy (non-hydrogen) atoms. The Morgan fingerprint density at radius 1 is 1.32 bits per heavy atom. The number of para-hydroxylation sites is 2. The third-order valence-electron chi connectivity index (χ3n) is 5.17. The zero-order valence-electron chi connectivity index (χ0n) is 18.0. The summed E-state index contributed by atoms with van der Waals surface area (Å²) < 4.78 is 11.5. The lowest BCUT2D eigenvalue weighted by Gasteiger charge is -2.37. The Morgan fingerprint density at radius 3 is 2.81 bits per heavy atom. The van der Waals surface area contributed by atoms with Gasteiger partial charge in [0, 0.05) is 24.5 Å². The molecule has 1 atom stereocenters. The van der Waals surface area contributed by atoms with E-state index in [4.69, 9.17) is 9.47 Å². The second kappa shape index (κ2) is 10.9. The first-order chi connectivity index (χ1) is 15.1. The molecular formula is C23H29N3O4S. The molecule has 2 aromatic rings. The fourth-order valence-electron chi connectivity index (χ4n) is 3.67. The number of hydrogen-bond acceptors (Lipinski definition) is 5. The van der Waals surface area contributed by atoms with Crippen molar-refractivity contribution in [2.45, 2.75) is 19.4 Å². The maximum atomic E-state index is 13.3. The van der Waals surface area contributed by atoms with Gasteiger partial charge in [-0.2, -0.15) is 0 Å². The molecule has 1 aromatic heterocycles. The molecule has 0 aliphatic carbocycles. The fourth-order valence-corrected chi connectivity index (χ4v) is 4.60. The fraction of sp³-hybridized carbons (Fsp3) is 0.391. The van der Waals surface area contributed by atoms with E-state index >= 15 is 0 Å². The summed E-state index contributed by atoms with van der Waals surface area (Å²) in [5, 5.41) is 4.80. The molecule has 0 unspecified atom stereocenters. The van der Waals surface area contributed by atoms with Gasteiger partial charge in [0.2, 0.25) is 5.91 Å². The number of nitrogens with one attached hydrogen (secondary N) is 1. The molecule has 1 aliphatic heterocycles. The number of amides is 3. The molecule has 166 valence electrons. The average molecular weight is 444 g/mol. The van der Waals surface area contributed by atoms with Crippen molar-refractivity contribution < 1.29 is 19.1 Å². The number of urea groups is 1. The molecule has 0 bridgehead atoms. The minimum Gasteiger partial charge on any atom is -0.493 e. The van der Waals surface area contributed by atoms with Crippen molar-refractivity contribution in [3.8, 4) is 11.5 Å². The molecule has 7 nitrogen and oxygen atoms in total. The molecular weight excluding hydrogens is 414 g/mol. The third-order valence-corrected chi connectivity index (χ3v) is 6.17. The van der Waals surface area contributed by atoms with Gasteiger partial charge in [0.05, 0.1) is 13.2 Å². The van der Waals surface area contributed by atoms with Crippen LogP contribution in [-0.4, -0.2) is 61.6 Å². The molecule has 3 rings (SSSR count). The Hall–Kier alpha value is -3.00. The summed E-state index contributed by atoms with van der Waals surface area (Å²) >= 11 is 1.70. The third kappa shape index (κ3) is 5.38. The lowest BCUT2D eigenvalue weighted by atomic mass is 10.0. The smallest absolute Gasteiger partial charge is 0.318 e. The number of carbonyl (C=O) groups is 2. The van der Waals surface area contributed by atoms with E-state index in [0.717, 1.165) is 12.0 Å². The monoisotopic (exact) mass is 443 g/mol. The number of hydrogen-bond donors (Lipinski definition) is 1. The zero-order valence-corrected chi connectivity index (χ0v) is 18.8. The number of rotatable bonds is 9. The second-order valence-electron chi connectivity index (χ2n) is 7.12. The Bertz CT molecular complexity index is 914. The van der Waals surface area contributed by atoms with Gasteiger partial charge in [-0.1, -0.05) is 18.2 Å². The maximum Gasteiger partial charge on any atom is 0.318 e. The average Bonchev–Trinajstić information content (AvgIpc) is 3.26. The summed E-state index contributed by atoms with van der Waals surface area (Å²) in [6.45, 7) is 7.23. The summed E-state index contributed by atoms with van der Waals surface area (Å²) in [5.41, 5.74) is 1.10. The van der Waals surface area contributed by atoms with Crippen LogP contribution in [0.5, 0.6) is 11.5 Å². The van der Waals surface area contributed by atoms with Crippen LogP contribution in [0.25, 0.3) is 0 Å². The number of methoxy groups -OCH3 is 1. The van der Waals surface area contributed by atoms with Gasteiger partial charge < -0.3 is 24.6 Å². The van der Waals surface area contributed by atoms with Gasteiger partial charge in [0.1, 0.15) is 13.2 Å². The molecule has 3 amide bonds. The van der Waals surface area contributed by atoms with Gasteiger partial charge in [-0.25, -0.2) is 4.79 Å². The van der Waals surface area contributed by atoms with Crippen LogP contribution in [0.1, 0.15) is 23.4 Å². The van der Waals surface area contributed by atoms with Crippen molar-refractivity contribution in [2.75, 3.05) is 39.9 Å². The molecule has 0 fully saturated rings. The Labute approximate surface area is 187 Å². The number of fused-ring (bicyclic) bond motifs is 1. The standard InChI is InChI=1S/C23H29N3O4S/c1-4-12-25(23(28)24-5-2)15-22(27)26-13-10-21-17(11-14-31-21)18(26)16-30-20-9-7-6-8-19(20)29-3/h4,6-9,11,14,18H,1,5,10,12-13,15-16H2,2-3H3,(H,24,28)/t18-/m1/s1. The zero-order chi connectivity index (χ0) is 22.2. The minimum atomic E-state index is -0.272. The van der Waals surface area contributed by atoms with Crippen LogP contribution < -0.4 is 14.8 Å². The molecule has 8 heteroatoms. The second-order valence-corrected chi connectivity index (χ2v) is 8.12. The maximum absolute atomic E-state index is 13.3. The molecule has 0 saturated heterocycles. The summed E-state index contributed by atoms with van der Waals surface area (Å²) in [6.07, 6.45) is 2.42. The number of ether oxygens (including phenoxy) is 2. The van der Waals surface area contributed by atoms with Crippen molar-refractivity contribution in [3.05, 3.63) is 58.8 Å². The van der Waals surface area contributed by atoms with Gasteiger partial charge in [0.25, 0.3) is 0 Å². The number of carbonyl (C=O) groups excluding carboxylic acids is 2. The van der Waals surface area contributed by atoms with Crippen LogP contribution in [0.4, 0.5) is 4.79 Å². The molecule has 1 N–H and O–H groups in total. The van der Waals surface area contributed by atoms with Gasteiger partial charge in [-0.3, -0.25) is 4.79 Å². The highest BCUT2D eigenvalue weighted by Gasteiger charge is 2.33. The van der Waals surface area contributed by atoms with Crippen LogP contribution in [0.3, 0.4) is 0 Å². The predicted octanol–water partition coefficient (Wildman–Crippen LogP) is 3.48. The predicted molar refractivity (Wildman–Crippen MR) is 122 cm³/mol. The van der Waals surface area contributed by atoms with Crippen LogP contribution in [0.15, 0.2) is 48.4 Å². The van der Waals surface area contributed by atoms with Gasteiger partial charge >= 0.3 is 6.03 Å². The molecule has 2 heterocycles. The lowest BCUT2D eigenvalue weighted by molar-refractivity contribution is -0.135. The van der Waals surface area contributed by atoms with E-state index in [1.54, 1.807) is 24.5 Å². The van der Waals surface area contributed by atoms with E-state index in [-0.39, 0.29) is 24.5 Å². The lowest BCUT2D eigenvalue weighted by Crippen LogP contribution is -2.49. The molecule has 0 saturated carbocycles. The van der Waals surface area contributed by atoms with Crippen molar-refractivity contribution >= 4 is 23.3 Å². The Kier molecular flexibility index (Phi) is 7.94. The van der Waals surface area contributed by atoms with Crippen molar-refractivity contribution in [2.24, 2.45) is 0 Å². The van der Waals surface area contributed by atoms with Gasteiger partial charge in [-0.15, -0.1) is 17.9 Å². The van der Waals surface area contributed by atoms with E-state index in [1.807, 2.05) is 41.5 Å². The van der Waals surface area contributed by atoms with Crippen LogP contribution in [-0.2, 0) is 11.2 Å². The number of thiophene rings is 1. The normalized spacial score (nSPS) is 15.0. The highest BCUT2D eigenvalue weighted by atomic mass is 32.1. The van der Waals surface area contributed by atoms with Crippen LogP contribution >= 0.6 is 11.3 Å². The van der Waals surface area contributed by atoms with E-state index in [2.05, 4.69) is 18.0 Å². The van der Waals surface area contributed by atoms with Crippen LogP contribution in [0, 0.1) is 0 Å². The number of nitrogens with zero attached hydrogens (tertiary/aromatic N) is 2. The first-order valence-corrected chi connectivity index (χ1v) is 11.2. The largest absolute Gasteiger partial charge is 0.493 e. The van der Waals surface area contributed by atoms with E-state index in [0.29, 0.717) is 37.7 Å². The minimum absolute atomic E-state index is 0.0114. The summed E-state index contributed by atoms with van der Waals surface area (Å²) in [5.74, 6) is 1.17. The Balaban J connectivity index is 1.78. The summed E-state index contributed by atoms with van der Waals surface area (Å²) in [4.78, 5) is 30.2. The highest BCUT2D eigenvalue weighted by Crippen LogP contribution is 2.35. The Morgan fingerprint density at radius 2 is 2.10 bits per heavy atom. The molecule has 1 aromatic carbocycles. The topological polar surface area (TPSA) is 71.1 Å². The molecule has 1 aliphatic rings. The van der Waals surface area contributed by atoms with Crippen molar-refractivity contribution in [1.29, 1.82) is 0 Å². The molecule has 0 spiro atoms. The van der Waals surface area contributed by atoms with Gasteiger partial charge in [0.15, 0.2) is 11.5 Å². The quantitative estimate of drug-likeness (QED) is 0.603. The van der Waals surface area contributed by atoms with Crippen molar-refractivity contribution in [3.63, 3.8) is 0 Å².